The van der Waals surface area contributed by atoms with E-state index in [0.717, 1.165) is 0 Å². The first-order valence-corrected chi connectivity index (χ1v) is 8.91. The largest absolute Gasteiger partial charge is 0.495 e. The van der Waals surface area contributed by atoms with Crippen LogP contribution in [-0.4, -0.2) is 25.9 Å². The van der Waals surface area contributed by atoms with Crippen LogP contribution in [0.25, 0.3) is 0 Å². The number of para-hydroxylation sites is 2. The number of nitrogens with two attached hydrogens (primary N) is 1. The summed E-state index contributed by atoms with van der Waals surface area (Å²) in [6.07, 6.45) is 0. The van der Waals surface area contributed by atoms with E-state index in [1.807, 2.05) is 27.7 Å². The lowest BCUT2D eigenvalue weighted by Crippen LogP contribution is -2.17. The molecular weight excluding hydrogens is 344 g/mol. The molecule has 0 bridgehead atoms. The SMILES string of the molecule is CC.CC.COc1cccc(C(=O)Nc2c(OC)cccc2C(C)=O)c1N. The minimum Gasteiger partial charge on any atom is -0.495 e. The molecule has 2 rings (SSSR count). The third-order valence-corrected chi connectivity index (χ3v) is 3.39. The van der Waals surface area contributed by atoms with E-state index in [0.29, 0.717) is 22.7 Å². The number of carbonyl (C=O) groups excluding carboxylic acids is 2. The summed E-state index contributed by atoms with van der Waals surface area (Å²) in [5, 5.41) is 2.70. The fourth-order valence-electron chi connectivity index (χ4n) is 2.22. The molecular formula is C21H30N2O4. The highest BCUT2D eigenvalue weighted by Crippen LogP contribution is 2.31. The average molecular weight is 374 g/mol. The van der Waals surface area contributed by atoms with Crippen molar-refractivity contribution in [2.75, 3.05) is 25.3 Å². The number of Topliss-reactive ketones (excluding diaryl/α,β-unsaturated/α-hetero) is 1. The third-order valence-electron chi connectivity index (χ3n) is 3.39. The number of ketones is 1. The fourth-order valence-corrected chi connectivity index (χ4v) is 2.22. The van der Waals surface area contributed by atoms with E-state index >= 15 is 0 Å². The van der Waals surface area contributed by atoms with E-state index in [9.17, 15) is 9.59 Å². The maximum atomic E-state index is 12.5. The van der Waals surface area contributed by atoms with Crippen molar-refractivity contribution in [3.05, 3.63) is 47.5 Å². The van der Waals surface area contributed by atoms with Gasteiger partial charge in [0.25, 0.3) is 5.91 Å². The van der Waals surface area contributed by atoms with Gasteiger partial charge in [0.1, 0.15) is 11.5 Å². The molecule has 148 valence electrons. The number of amides is 1. The molecule has 6 nitrogen and oxygen atoms in total. The number of nitrogens with one attached hydrogen (secondary N) is 1. The van der Waals surface area contributed by atoms with Crippen LogP contribution in [0.2, 0.25) is 0 Å². The summed E-state index contributed by atoms with van der Waals surface area (Å²) >= 11 is 0. The molecule has 0 unspecified atom stereocenters. The van der Waals surface area contributed by atoms with Crippen molar-refractivity contribution in [2.24, 2.45) is 0 Å². The Morgan fingerprint density at radius 1 is 0.852 bits per heavy atom. The van der Waals surface area contributed by atoms with Crippen molar-refractivity contribution in [2.45, 2.75) is 34.6 Å². The molecule has 0 aliphatic carbocycles. The lowest BCUT2D eigenvalue weighted by Gasteiger charge is -2.15. The summed E-state index contributed by atoms with van der Waals surface area (Å²) in [6, 6.07) is 9.88. The van der Waals surface area contributed by atoms with Crippen LogP contribution in [0.5, 0.6) is 11.5 Å². The van der Waals surface area contributed by atoms with Gasteiger partial charge in [-0.05, 0) is 31.2 Å². The number of hydrogen-bond acceptors (Lipinski definition) is 5. The molecule has 0 saturated carbocycles. The van der Waals surface area contributed by atoms with E-state index in [1.54, 1.807) is 36.4 Å². The second kappa shape index (κ2) is 12.4. The zero-order chi connectivity index (χ0) is 21.0. The summed E-state index contributed by atoms with van der Waals surface area (Å²) in [4.78, 5) is 24.3. The summed E-state index contributed by atoms with van der Waals surface area (Å²) < 4.78 is 10.3. The molecule has 0 heterocycles. The van der Waals surface area contributed by atoms with Crippen molar-refractivity contribution in [3.63, 3.8) is 0 Å². The van der Waals surface area contributed by atoms with Gasteiger partial charge in [-0.25, -0.2) is 0 Å². The van der Waals surface area contributed by atoms with Crippen molar-refractivity contribution in [1.29, 1.82) is 0 Å². The summed E-state index contributed by atoms with van der Waals surface area (Å²) in [5.41, 5.74) is 7.09. The van der Waals surface area contributed by atoms with Gasteiger partial charge >= 0.3 is 0 Å². The molecule has 2 aromatic carbocycles. The van der Waals surface area contributed by atoms with Gasteiger partial charge < -0.3 is 20.5 Å². The van der Waals surface area contributed by atoms with Gasteiger partial charge in [0, 0.05) is 5.56 Å². The Balaban J connectivity index is 0.00000158. The zero-order valence-electron chi connectivity index (χ0n) is 17.2. The molecule has 6 heteroatoms. The number of ether oxygens (including phenoxy) is 2. The third kappa shape index (κ3) is 6.02. The number of benzene rings is 2. The van der Waals surface area contributed by atoms with E-state index in [-0.39, 0.29) is 17.0 Å². The molecule has 0 aliphatic rings. The second-order valence-corrected chi connectivity index (χ2v) is 4.81. The summed E-state index contributed by atoms with van der Waals surface area (Å²) in [6.45, 7) is 9.42. The normalized spacial score (nSPS) is 9.00. The Hall–Kier alpha value is -3.02. The minimum atomic E-state index is -0.451. The zero-order valence-corrected chi connectivity index (χ0v) is 17.2. The lowest BCUT2D eigenvalue weighted by atomic mass is 10.1. The number of rotatable bonds is 5. The van der Waals surface area contributed by atoms with Crippen LogP contribution in [0.4, 0.5) is 11.4 Å². The predicted octanol–water partition coefficient (Wildman–Crippen LogP) is 4.79. The highest BCUT2D eigenvalue weighted by atomic mass is 16.5. The van der Waals surface area contributed by atoms with Crippen LogP contribution >= 0.6 is 0 Å². The van der Waals surface area contributed by atoms with Gasteiger partial charge in [-0.2, -0.15) is 0 Å². The van der Waals surface area contributed by atoms with E-state index < -0.39 is 5.91 Å². The van der Waals surface area contributed by atoms with E-state index in [2.05, 4.69) is 5.32 Å². The van der Waals surface area contributed by atoms with Gasteiger partial charge in [0.2, 0.25) is 0 Å². The second-order valence-electron chi connectivity index (χ2n) is 4.81. The maximum Gasteiger partial charge on any atom is 0.258 e. The Labute approximate surface area is 161 Å². The van der Waals surface area contributed by atoms with Crippen LogP contribution in [0.15, 0.2) is 36.4 Å². The summed E-state index contributed by atoms with van der Waals surface area (Å²) in [7, 11) is 2.94. The Bertz CT molecular complexity index is 758. The Morgan fingerprint density at radius 2 is 1.33 bits per heavy atom. The van der Waals surface area contributed by atoms with Gasteiger partial charge in [-0.3, -0.25) is 9.59 Å². The number of methoxy groups -OCH3 is 2. The molecule has 3 N–H and O–H groups in total. The van der Waals surface area contributed by atoms with Crippen molar-refractivity contribution >= 4 is 23.1 Å². The monoisotopic (exact) mass is 374 g/mol. The molecule has 0 aliphatic heterocycles. The van der Waals surface area contributed by atoms with Crippen LogP contribution in [0, 0.1) is 0 Å². The van der Waals surface area contributed by atoms with Crippen LogP contribution in [0.1, 0.15) is 55.3 Å². The van der Waals surface area contributed by atoms with Gasteiger partial charge in [0.05, 0.1) is 31.2 Å². The molecule has 0 aromatic heterocycles. The quantitative estimate of drug-likeness (QED) is 0.580. The van der Waals surface area contributed by atoms with Gasteiger partial charge in [-0.15, -0.1) is 0 Å². The minimum absolute atomic E-state index is 0.183. The molecule has 2 aromatic rings. The molecule has 0 atom stereocenters. The lowest BCUT2D eigenvalue weighted by molar-refractivity contribution is 0.101. The molecule has 27 heavy (non-hydrogen) atoms. The number of nitrogen functional groups attached to an aromatic ring is 1. The first-order valence-electron chi connectivity index (χ1n) is 8.91. The van der Waals surface area contributed by atoms with E-state index in [1.165, 1.54) is 21.1 Å². The number of hydrogen-bond donors (Lipinski definition) is 2. The predicted molar refractivity (Wildman–Crippen MR) is 111 cm³/mol. The fraction of sp³-hybridized carbons (Fsp3) is 0.333. The van der Waals surface area contributed by atoms with Crippen LogP contribution in [0.3, 0.4) is 0 Å². The topological polar surface area (TPSA) is 90.6 Å². The first-order chi connectivity index (χ1) is 13.0. The highest BCUT2D eigenvalue weighted by Gasteiger charge is 2.18. The van der Waals surface area contributed by atoms with Crippen molar-refractivity contribution in [1.82, 2.24) is 0 Å². The van der Waals surface area contributed by atoms with E-state index in [4.69, 9.17) is 15.2 Å². The first kappa shape index (κ1) is 24.0. The number of carbonyl (C=O) groups is 2. The van der Waals surface area contributed by atoms with Crippen LogP contribution in [-0.2, 0) is 0 Å². The summed E-state index contributed by atoms with van der Waals surface area (Å²) in [5.74, 6) is 0.170. The average Bonchev–Trinajstić information content (AvgIpc) is 2.71. The van der Waals surface area contributed by atoms with Crippen LogP contribution < -0.4 is 20.5 Å². The van der Waals surface area contributed by atoms with Crippen molar-refractivity contribution < 1.29 is 19.1 Å². The Kier molecular flexibility index (Phi) is 11.0. The molecule has 0 fully saturated rings. The number of anilines is 2. The van der Waals surface area contributed by atoms with Gasteiger partial charge in [0.15, 0.2) is 5.78 Å². The molecule has 1 amide bonds. The van der Waals surface area contributed by atoms with Gasteiger partial charge in [-0.1, -0.05) is 39.8 Å². The molecule has 0 spiro atoms. The molecule has 0 saturated heterocycles. The maximum absolute atomic E-state index is 12.5. The smallest absolute Gasteiger partial charge is 0.258 e. The molecule has 0 radical (unpaired) electrons. The highest BCUT2D eigenvalue weighted by molar-refractivity contribution is 6.12. The Morgan fingerprint density at radius 3 is 1.81 bits per heavy atom. The van der Waals surface area contributed by atoms with Crippen molar-refractivity contribution in [3.8, 4) is 11.5 Å². The standard InChI is InChI=1S/C17H18N2O4.2C2H6/c1-10(20)11-6-4-9-14(23-3)16(11)19-17(21)12-7-5-8-13(22-2)15(12)18;2*1-2/h4-9H,18H2,1-3H3,(H,19,21);2*1-2H3.